The van der Waals surface area contributed by atoms with Gasteiger partial charge in [-0.25, -0.2) is 9.97 Å². The lowest BCUT2D eigenvalue weighted by Gasteiger charge is -1.94. The van der Waals surface area contributed by atoms with Crippen LogP contribution >= 0.6 is 15.9 Å². The van der Waals surface area contributed by atoms with Crippen LogP contribution in [0.5, 0.6) is 0 Å². The summed E-state index contributed by atoms with van der Waals surface area (Å²) >= 11 is 3.34. The fourth-order valence-electron chi connectivity index (χ4n) is 0.981. The summed E-state index contributed by atoms with van der Waals surface area (Å²) in [5, 5.41) is 0. The Morgan fingerprint density at radius 3 is 3.00 bits per heavy atom. The van der Waals surface area contributed by atoms with Gasteiger partial charge in [-0.15, -0.1) is 0 Å². The lowest BCUT2D eigenvalue weighted by atomic mass is 10.6. The Hall–Kier alpha value is -0.900. The first-order valence-corrected chi connectivity index (χ1v) is 4.02. The zero-order valence-electron chi connectivity index (χ0n) is 5.95. The van der Waals surface area contributed by atoms with Crippen LogP contribution in [0.25, 0.3) is 5.65 Å². The predicted molar refractivity (Wildman–Crippen MR) is 45.4 cm³/mol. The molecule has 0 radical (unpaired) electrons. The van der Waals surface area contributed by atoms with Crippen LogP contribution in [0.4, 0.5) is 0 Å². The van der Waals surface area contributed by atoms with Gasteiger partial charge in [-0.2, -0.15) is 0 Å². The van der Waals surface area contributed by atoms with Gasteiger partial charge in [-0.3, -0.25) is 4.40 Å². The molecule has 0 spiro atoms. The maximum absolute atomic E-state index is 4.16. The maximum atomic E-state index is 4.16. The maximum Gasteiger partial charge on any atom is 0.156 e. The molecule has 0 N–H and O–H groups in total. The number of imidazole rings is 1. The van der Waals surface area contributed by atoms with E-state index in [1.54, 1.807) is 12.4 Å². The summed E-state index contributed by atoms with van der Waals surface area (Å²) in [5.41, 5.74) is 0.880. The van der Waals surface area contributed by atoms with Gasteiger partial charge in [0.05, 0.1) is 10.7 Å². The average Bonchev–Trinajstić information content (AvgIpc) is 2.33. The van der Waals surface area contributed by atoms with Crippen molar-refractivity contribution in [2.75, 3.05) is 0 Å². The van der Waals surface area contributed by atoms with Gasteiger partial charge in [0.15, 0.2) is 5.65 Å². The third kappa shape index (κ3) is 1.03. The number of aryl methyl sites for hydroxylation is 1. The molecule has 0 bridgehead atoms. The molecule has 0 aliphatic rings. The molecule has 4 heteroatoms. The molecule has 11 heavy (non-hydrogen) atoms. The van der Waals surface area contributed by atoms with Crippen molar-refractivity contribution in [2.24, 2.45) is 0 Å². The summed E-state index contributed by atoms with van der Waals surface area (Å²) in [6.45, 7) is 1.95. The van der Waals surface area contributed by atoms with Crippen molar-refractivity contribution >= 4 is 21.6 Å². The summed E-state index contributed by atoms with van der Waals surface area (Å²) < 4.78 is 2.90. The molecule has 0 saturated heterocycles. The monoisotopic (exact) mass is 211 g/mol. The molecule has 3 nitrogen and oxygen atoms in total. The lowest BCUT2D eigenvalue weighted by Crippen LogP contribution is -1.88. The van der Waals surface area contributed by atoms with Gasteiger partial charge in [0, 0.05) is 12.4 Å². The zero-order chi connectivity index (χ0) is 7.84. The van der Waals surface area contributed by atoms with E-state index < -0.39 is 0 Å². The summed E-state index contributed by atoms with van der Waals surface area (Å²) in [6, 6.07) is 0. The minimum atomic E-state index is 0.880. The third-order valence-corrected chi connectivity index (χ3v) is 1.94. The van der Waals surface area contributed by atoms with E-state index in [9.17, 15) is 0 Å². The molecule has 0 saturated carbocycles. The van der Waals surface area contributed by atoms with E-state index in [1.807, 2.05) is 17.5 Å². The van der Waals surface area contributed by atoms with Crippen molar-refractivity contribution in [2.45, 2.75) is 6.92 Å². The van der Waals surface area contributed by atoms with Gasteiger partial charge in [-0.05, 0) is 22.9 Å². The van der Waals surface area contributed by atoms with E-state index in [1.165, 1.54) is 0 Å². The number of aromatic nitrogens is 3. The van der Waals surface area contributed by atoms with E-state index in [-0.39, 0.29) is 0 Å². The number of halogens is 1. The van der Waals surface area contributed by atoms with E-state index in [0.717, 1.165) is 15.9 Å². The van der Waals surface area contributed by atoms with Crippen molar-refractivity contribution in [3.8, 4) is 0 Å². The molecule has 0 aliphatic carbocycles. The first-order valence-electron chi connectivity index (χ1n) is 3.22. The molecule has 0 fully saturated rings. The average molecular weight is 212 g/mol. The standard InChI is InChI=1S/C7H6BrN3/c1-5-9-3-7-10-2-6(8)4-11(5)7/h2-4H,1H3. The second-order valence-corrected chi connectivity index (χ2v) is 3.22. The lowest BCUT2D eigenvalue weighted by molar-refractivity contribution is 1.02. The van der Waals surface area contributed by atoms with E-state index in [2.05, 4.69) is 25.9 Å². The summed E-state index contributed by atoms with van der Waals surface area (Å²) in [6.07, 6.45) is 5.46. The minimum absolute atomic E-state index is 0.880. The SMILES string of the molecule is Cc1ncc2ncc(Br)cn12. The Labute approximate surface area is 72.2 Å². The van der Waals surface area contributed by atoms with Crippen molar-refractivity contribution in [3.05, 3.63) is 28.9 Å². The number of hydrogen-bond donors (Lipinski definition) is 0. The smallest absolute Gasteiger partial charge is 0.156 e. The molecule has 2 heterocycles. The first-order chi connectivity index (χ1) is 5.27. The quantitative estimate of drug-likeness (QED) is 0.666. The normalized spacial score (nSPS) is 10.7. The minimum Gasteiger partial charge on any atom is -0.287 e. The van der Waals surface area contributed by atoms with Crippen LogP contribution in [0.15, 0.2) is 23.1 Å². The highest BCUT2D eigenvalue weighted by Gasteiger charge is 1.98. The number of fused-ring (bicyclic) bond motifs is 1. The largest absolute Gasteiger partial charge is 0.287 e. The molecule has 0 aliphatic heterocycles. The highest BCUT2D eigenvalue weighted by molar-refractivity contribution is 9.10. The van der Waals surface area contributed by atoms with Gasteiger partial charge in [-0.1, -0.05) is 0 Å². The van der Waals surface area contributed by atoms with Crippen molar-refractivity contribution in [1.29, 1.82) is 0 Å². The molecule has 2 rings (SSSR count). The van der Waals surface area contributed by atoms with Crippen LogP contribution in [0, 0.1) is 6.92 Å². The molecule has 2 aromatic heterocycles. The van der Waals surface area contributed by atoms with Crippen LogP contribution < -0.4 is 0 Å². The van der Waals surface area contributed by atoms with Crippen LogP contribution in [0.2, 0.25) is 0 Å². The fourth-order valence-corrected chi connectivity index (χ4v) is 1.29. The third-order valence-electron chi connectivity index (χ3n) is 1.53. The van der Waals surface area contributed by atoms with Crippen LogP contribution in [-0.2, 0) is 0 Å². The fraction of sp³-hybridized carbons (Fsp3) is 0.143. The van der Waals surface area contributed by atoms with Crippen LogP contribution in [-0.4, -0.2) is 14.4 Å². The number of rotatable bonds is 0. The Balaban J connectivity index is 2.87. The molecular formula is C7H6BrN3. The number of nitrogens with zero attached hydrogens (tertiary/aromatic N) is 3. The second kappa shape index (κ2) is 2.30. The molecule has 2 aromatic rings. The summed E-state index contributed by atoms with van der Waals surface area (Å²) in [7, 11) is 0. The highest BCUT2D eigenvalue weighted by atomic mass is 79.9. The Bertz CT molecular complexity index is 393. The first kappa shape index (κ1) is 6.79. The van der Waals surface area contributed by atoms with E-state index in [4.69, 9.17) is 0 Å². The van der Waals surface area contributed by atoms with Gasteiger partial charge < -0.3 is 0 Å². The van der Waals surface area contributed by atoms with Crippen LogP contribution in [0.1, 0.15) is 5.82 Å². The van der Waals surface area contributed by atoms with Gasteiger partial charge >= 0.3 is 0 Å². The molecule has 0 aromatic carbocycles. The molecule has 0 atom stereocenters. The van der Waals surface area contributed by atoms with Crippen molar-refractivity contribution in [3.63, 3.8) is 0 Å². The summed E-state index contributed by atoms with van der Waals surface area (Å²) in [5.74, 6) is 0.953. The Morgan fingerprint density at radius 2 is 2.18 bits per heavy atom. The van der Waals surface area contributed by atoms with Crippen molar-refractivity contribution in [1.82, 2.24) is 14.4 Å². The second-order valence-electron chi connectivity index (χ2n) is 2.31. The summed E-state index contributed by atoms with van der Waals surface area (Å²) in [4.78, 5) is 8.27. The molecule has 0 unspecified atom stereocenters. The van der Waals surface area contributed by atoms with Gasteiger partial charge in [0.2, 0.25) is 0 Å². The molecule has 56 valence electrons. The Morgan fingerprint density at radius 1 is 1.36 bits per heavy atom. The van der Waals surface area contributed by atoms with E-state index >= 15 is 0 Å². The van der Waals surface area contributed by atoms with E-state index in [0.29, 0.717) is 0 Å². The van der Waals surface area contributed by atoms with Gasteiger partial charge in [0.1, 0.15) is 5.82 Å². The number of hydrogen-bond acceptors (Lipinski definition) is 2. The topological polar surface area (TPSA) is 30.2 Å². The predicted octanol–water partition coefficient (Wildman–Crippen LogP) is 1.80. The van der Waals surface area contributed by atoms with Crippen molar-refractivity contribution < 1.29 is 0 Å². The Kier molecular flexibility index (Phi) is 1.42. The highest BCUT2D eigenvalue weighted by Crippen LogP contribution is 2.09. The zero-order valence-corrected chi connectivity index (χ0v) is 7.54. The molecular weight excluding hydrogens is 206 g/mol. The molecule has 0 amide bonds. The van der Waals surface area contributed by atoms with Crippen LogP contribution in [0.3, 0.4) is 0 Å². The van der Waals surface area contributed by atoms with Gasteiger partial charge in [0.25, 0.3) is 0 Å².